The van der Waals surface area contributed by atoms with Gasteiger partial charge in [0, 0.05) is 35.9 Å². The zero-order valence-electron chi connectivity index (χ0n) is 16.5. The number of carbonyl (C=O) groups is 1. The van der Waals surface area contributed by atoms with E-state index in [9.17, 15) is 4.79 Å². The highest BCUT2D eigenvalue weighted by Crippen LogP contribution is 2.33. The first-order chi connectivity index (χ1) is 14.1. The lowest BCUT2D eigenvalue weighted by molar-refractivity contribution is 0.0983. The molecule has 3 aromatic rings. The van der Waals surface area contributed by atoms with Crippen molar-refractivity contribution in [2.45, 2.75) is 13.8 Å². The highest BCUT2D eigenvalue weighted by Gasteiger charge is 2.18. The number of hydrogen-bond donors (Lipinski definition) is 1. The molecule has 2 aromatic carbocycles. The third kappa shape index (κ3) is 4.16. The first-order valence-corrected chi connectivity index (χ1v) is 9.65. The van der Waals surface area contributed by atoms with Crippen LogP contribution in [0.15, 0.2) is 60.8 Å². The Bertz CT molecular complexity index is 1040. The van der Waals surface area contributed by atoms with Crippen LogP contribution >= 0.6 is 0 Å². The second-order valence-electron chi connectivity index (χ2n) is 6.80. The number of aromatic nitrogens is 1. The number of amides is 1. The Morgan fingerprint density at radius 2 is 1.83 bits per heavy atom. The number of aryl methyl sites for hydroxylation is 1. The number of rotatable bonds is 5. The predicted octanol–water partition coefficient (Wildman–Crippen LogP) is 4.57. The van der Waals surface area contributed by atoms with Gasteiger partial charge in [0.2, 0.25) is 0 Å². The van der Waals surface area contributed by atoms with Gasteiger partial charge in [-0.2, -0.15) is 0 Å². The molecular formula is C23H23N3O3. The lowest BCUT2D eigenvalue weighted by Gasteiger charge is -2.21. The van der Waals surface area contributed by atoms with E-state index in [-0.39, 0.29) is 5.91 Å². The van der Waals surface area contributed by atoms with Gasteiger partial charge in [-0.3, -0.25) is 9.78 Å². The van der Waals surface area contributed by atoms with Gasteiger partial charge in [0.25, 0.3) is 5.91 Å². The fourth-order valence-electron chi connectivity index (χ4n) is 3.29. The summed E-state index contributed by atoms with van der Waals surface area (Å²) in [4.78, 5) is 19.1. The zero-order valence-corrected chi connectivity index (χ0v) is 16.5. The van der Waals surface area contributed by atoms with Crippen molar-refractivity contribution in [3.63, 3.8) is 0 Å². The van der Waals surface area contributed by atoms with Gasteiger partial charge in [-0.15, -0.1) is 0 Å². The monoisotopic (exact) mass is 389 g/mol. The highest BCUT2D eigenvalue weighted by atomic mass is 16.6. The van der Waals surface area contributed by atoms with Crippen molar-refractivity contribution in [2.75, 3.05) is 30.0 Å². The summed E-state index contributed by atoms with van der Waals surface area (Å²) in [5, 5.41) is 3.31. The topological polar surface area (TPSA) is 63.7 Å². The lowest BCUT2D eigenvalue weighted by Crippen LogP contribution is -2.31. The standard InChI is InChI=1S/C23H23N3O3/c1-3-26(19-6-4-5-16(2)13-19)23(27)20-14-18(9-10-24-20)25-17-7-8-21-22(15-17)29-12-11-28-21/h4-10,13-15H,3,11-12H2,1-2H3,(H,24,25). The third-order valence-electron chi connectivity index (χ3n) is 4.68. The minimum Gasteiger partial charge on any atom is -0.486 e. The number of hydrogen-bond acceptors (Lipinski definition) is 5. The summed E-state index contributed by atoms with van der Waals surface area (Å²) in [6.07, 6.45) is 1.64. The SMILES string of the molecule is CCN(C(=O)c1cc(Nc2ccc3c(c2)OCCO3)ccn1)c1cccc(C)c1. The molecule has 4 rings (SSSR count). The average molecular weight is 389 g/mol. The van der Waals surface area contributed by atoms with Gasteiger partial charge < -0.3 is 19.7 Å². The van der Waals surface area contributed by atoms with Crippen LogP contribution in [-0.4, -0.2) is 30.6 Å². The summed E-state index contributed by atoms with van der Waals surface area (Å²) in [6, 6.07) is 17.2. The van der Waals surface area contributed by atoms with E-state index >= 15 is 0 Å². The molecule has 6 heteroatoms. The van der Waals surface area contributed by atoms with E-state index < -0.39 is 0 Å². The number of pyridine rings is 1. The van der Waals surface area contributed by atoms with Crippen LogP contribution in [0.4, 0.5) is 17.1 Å². The Morgan fingerprint density at radius 1 is 1.03 bits per heavy atom. The van der Waals surface area contributed by atoms with Crippen LogP contribution in [-0.2, 0) is 0 Å². The normalized spacial score (nSPS) is 12.3. The van der Waals surface area contributed by atoms with E-state index in [4.69, 9.17) is 9.47 Å². The van der Waals surface area contributed by atoms with Crippen molar-refractivity contribution in [1.82, 2.24) is 4.98 Å². The number of carbonyl (C=O) groups excluding carboxylic acids is 1. The molecule has 148 valence electrons. The lowest BCUT2D eigenvalue weighted by atomic mass is 10.2. The zero-order chi connectivity index (χ0) is 20.2. The van der Waals surface area contributed by atoms with E-state index in [0.29, 0.717) is 31.2 Å². The maximum atomic E-state index is 13.1. The van der Waals surface area contributed by atoms with Gasteiger partial charge in [0.1, 0.15) is 18.9 Å². The molecule has 0 aliphatic carbocycles. The van der Waals surface area contributed by atoms with Gasteiger partial charge in [-0.05, 0) is 55.8 Å². The second kappa shape index (κ2) is 8.22. The molecule has 1 aliphatic heterocycles. The molecule has 0 spiro atoms. The van der Waals surface area contributed by atoms with E-state index in [2.05, 4.69) is 10.3 Å². The minimum absolute atomic E-state index is 0.135. The number of fused-ring (bicyclic) bond motifs is 1. The van der Waals surface area contributed by atoms with Crippen LogP contribution in [0.5, 0.6) is 11.5 Å². The molecule has 0 fully saturated rings. The van der Waals surface area contributed by atoms with E-state index in [1.54, 1.807) is 17.2 Å². The Kier molecular flexibility index (Phi) is 5.33. The molecule has 29 heavy (non-hydrogen) atoms. The summed E-state index contributed by atoms with van der Waals surface area (Å²) in [5.41, 5.74) is 3.99. The number of benzene rings is 2. The molecule has 0 bridgehead atoms. The molecule has 0 saturated carbocycles. The maximum absolute atomic E-state index is 13.1. The summed E-state index contributed by atoms with van der Waals surface area (Å²) >= 11 is 0. The number of nitrogens with zero attached hydrogens (tertiary/aromatic N) is 2. The molecule has 1 amide bonds. The fourth-order valence-corrected chi connectivity index (χ4v) is 3.29. The quantitative estimate of drug-likeness (QED) is 0.692. The predicted molar refractivity (Wildman–Crippen MR) is 113 cm³/mol. The van der Waals surface area contributed by atoms with Crippen LogP contribution < -0.4 is 19.7 Å². The smallest absolute Gasteiger partial charge is 0.276 e. The van der Waals surface area contributed by atoms with Crippen molar-refractivity contribution in [3.8, 4) is 11.5 Å². The summed E-state index contributed by atoms with van der Waals surface area (Å²) < 4.78 is 11.2. The first kappa shape index (κ1) is 18.8. The second-order valence-corrected chi connectivity index (χ2v) is 6.80. The van der Waals surface area contributed by atoms with E-state index in [1.165, 1.54) is 0 Å². The number of anilines is 3. The summed E-state index contributed by atoms with van der Waals surface area (Å²) in [6.45, 7) is 5.62. The van der Waals surface area contributed by atoms with Crippen molar-refractivity contribution >= 4 is 23.0 Å². The fraction of sp³-hybridized carbons (Fsp3) is 0.217. The van der Waals surface area contributed by atoms with Crippen LogP contribution in [0.2, 0.25) is 0 Å². The highest BCUT2D eigenvalue weighted by molar-refractivity contribution is 6.05. The molecule has 1 aliphatic rings. The first-order valence-electron chi connectivity index (χ1n) is 9.65. The molecule has 1 aromatic heterocycles. The van der Waals surface area contributed by atoms with Crippen LogP contribution in [0.3, 0.4) is 0 Å². The summed E-state index contributed by atoms with van der Waals surface area (Å²) in [5.74, 6) is 1.32. The van der Waals surface area contributed by atoms with Gasteiger partial charge in [0.05, 0.1) is 0 Å². The molecule has 6 nitrogen and oxygen atoms in total. The molecule has 0 unspecified atom stereocenters. The van der Waals surface area contributed by atoms with Crippen molar-refractivity contribution in [2.24, 2.45) is 0 Å². The third-order valence-corrected chi connectivity index (χ3v) is 4.68. The minimum atomic E-state index is -0.135. The van der Waals surface area contributed by atoms with Crippen molar-refractivity contribution < 1.29 is 14.3 Å². The molecule has 2 heterocycles. The van der Waals surface area contributed by atoms with E-state index in [1.807, 2.05) is 62.4 Å². The Morgan fingerprint density at radius 3 is 2.62 bits per heavy atom. The maximum Gasteiger partial charge on any atom is 0.276 e. The van der Waals surface area contributed by atoms with Crippen molar-refractivity contribution in [3.05, 3.63) is 72.1 Å². The van der Waals surface area contributed by atoms with Gasteiger partial charge in [0.15, 0.2) is 11.5 Å². The largest absolute Gasteiger partial charge is 0.486 e. The molecule has 0 atom stereocenters. The van der Waals surface area contributed by atoms with Gasteiger partial charge in [-0.1, -0.05) is 12.1 Å². The van der Waals surface area contributed by atoms with Crippen LogP contribution in [0.1, 0.15) is 23.0 Å². The molecule has 0 saturated heterocycles. The molecule has 0 radical (unpaired) electrons. The van der Waals surface area contributed by atoms with Crippen molar-refractivity contribution in [1.29, 1.82) is 0 Å². The average Bonchev–Trinajstić information content (AvgIpc) is 2.74. The molecular weight excluding hydrogens is 366 g/mol. The molecule has 1 N–H and O–H groups in total. The number of ether oxygens (including phenoxy) is 2. The van der Waals surface area contributed by atoms with Gasteiger partial charge >= 0.3 is 0 Å². The Labute approximate surface area is 170 Å². The Balaban J connectivity index is 1.55. The van der Waals surface area contributed by atoms with E-state index in [0.717, 1.165) is 28.4 Å². The van der Waals surface area contributed by atoms with Gasteiger partial charge in [-0.25, -0.2) is 0 Å². The van der Waals surface area contributed by atoms with Crippen LogP contribution in [0.25, 0.3) is 0 Å². The summed E-state index contributed by atoms with van der Waals surface area (Å²) in [7, 11) is 0. The Hall–Kier alpha value is -3.54. The number of nitrogens with one attached hydrogen (secondary N) is 1. The van der Waals surface area contributed by atoms with Crippen LogP contribution in [0, 0.1) is 6.92 Å².